The fourth-order valence-corrected chi connectivity index (χ4v) is 1.75. The number of hydrogen-bond acceptors (Lipinski definition) is 5. The second kappa shape index (κ2) is 5.40. The standard InChI is InChI=1S/C14H19N3O2/c1-8(2)12(15)14-16-13(17-19-14)10-6-5-9(3)7-11(10)18-4/h5-8,12H,15H2,1-4H3. The minimum Gasteiger partial charge on any atom is -0.496 e. The van der Waals surface area contributed by atoms with Crippen molar-refractivity contribution < 1.29 is 9.26 Å². The molecule has 1 heterocycles. The highest BCUT2D eigenvalue weighted by molar-refractivity contribution is 5.64. The quantitative estimate of drug-likeness (QED) is 0.915. The first-order valence-electron chi connectivity index (χ1n) is 6.27. The lowest BCUT2D eigenvalue weighted by Gasteiger charge is -2.09. The third kappa shape index (κ3) is 2.76. The number of rotatable bonds is 4. The van der Waals surface area contributed by atoms with Crippen LogP contribution in [-0.4, -0.2) is 17.3 Å². The van der Waals surface area contributed by atoms with Gasteiger partial charge in [-0.05, 0) is 30.5 Å². The van der Waals surface area contributed by atoms with Crippen LogP contribution in [0.25, 0.3) is 11.4 Å². The van der Waals surface area contributed by atoms with E-state index in [1.165, 1.54) is 0 Å². The topological polar surface area (TPSA) is 74.2 Å². The van der Waals surface area contributed by atoms with Crippen LogP contribution in [0.1, 0.15) is 31.3 Å². The van der Waals surface area contributed by atoms with Crippen molar-refractivity contribution in [2.45, 2.75) is 26.8 Å². The molecule has 0 saturated carbocycles. The van der Waals surface area contributed by atoms with Crippen molar-refractivity contribution in [3.63, 3.8) is 0 Å². The van der Waals surface area contributed by atoms with Crippen molar-refractivity contribution in [1.29, 1.82) is 0 Å². The van der Waals surface area contributed by atoms with Gasteiger partial charge in [-0.3, -0.25) is 0 Å². The van der Waals surface area contributed by atoms with E-state index in [1.807, 2.05) is 39.0 Å². The van der Waals surface area contributed by atoms with Gasteiger partial charge in [0.2, 0.25) is 11.7 Å². The fraction of sp³-hybridized carbons (Fsp3) is 0.429. The van der Waals surface area contributed by atoms with Crippen molar-refractivity contribution in [3.05, 3.63) is 29.7 Å². The SMILES string of the molecule is COc1cc(C)ccc1-c1noc(C(N)C(C)C)n1. The number of nitrogens with zero attached hydrogens (tertiary/aromatic N) is 2. The molecule has 2 rings (SSSR count). The Morgan fingerprint density at radius 1 is 1.32 bits per heavy atom. The van der Waals surface area contributed by atoms with Gasteiger partial charge in [0, 0.05) is 0 Å². The van der Waals surface area contributed by atoms with Gasteiger partial charge in [-0.1, -0.05) is 25.1 Å². The molecule has 0 fully saturated rings. The van der Waals surface area contributed by atoms with Crippen LogP contribution in [0.15, 0.2) is 22.7 Å². The zero-order valence-corrected chi connectivity index (χ0v) is 11.7. The summed E-state index contributed by atoms with van der Waals surface area (Å²) in [6.07, 6.45) is 0. The van der Waals surface area contributed by atoms with Gasteiger partial charge < -0.3 is 15.0 Å². The van der Waals surface area contributed by atoms with Crippen molar-refractivity contribution in [2.75, 3.05) is 7.11 Å². The van der Waals surface area contributed by atoms with Crippen molar-refractivity contribution in [2.24, 2.45) is 11.7 Å². The second-order valence-corrected chi connectivity index (χ2v) is 4.93. The molecule has 0 amide bonds. The largest absolute Gasteiger partial charge is 0.496 e. The summed E-state index contributed by atoms with van der Waals surface area (Å²) in [5.41, 5.74) is 7.92. The van der Waals surface area contributed by atoms with Gasteiger partial charge in [-0.15, -0.1) is 0 Å². The predicted octanol–water partition coefficient (Wildman–Crippen LogP) is 2.71. The van der Waals surface area contributed by atoms with E-state index in [2.05, 4.69) is 10.1 Å². The number of methoxy groups -OCH3 is 1. The maximum absolute atomic E-state index is 6.00. The second-order valence-electron chi connectivity index (χ2n) is 4.93. The number of aryl methyl sites for hydroxylation is 1. The molecule has 5 nitrogen and oxygen atoms in total. The lowest BCUT2D eigenvalue weighted by atomic mass is 10.1. The predicted molar refractivity (Wildman–Crippen MR) is 72.8 cm³/mol. The third-order valence-corrected chi connectivity index (χ3v) is 3.04. The molecule has 5 heteroatoms. The summed E-state index contributed by atoms with van der Waals surface area (Å²) < 4.78 is 10.6. The van der Waals surface area contributed by atoms with Crippen molar-refractivity contribution in [3.8, 4) is 17.1 Å². The van der Waals surface area contributed by atoms with E-state index in [1.54, 1.807) is 7.11 Å². The van der Waals surface area contributed by atoms with Gasteiger partial charge in [-0.25, -0.2) is 0 Å². The van der Waals surface area contributed by atoms with E-state index in [4.69, 9.17) is 15.0 Å². The first-order chi connectivity index (χ1) is 9.02. The summed E-state index contributed by atoms with van der Waals surface area (Å²) in [7, 11) is 1.62. The Balaban J connectivity index is 2.38. The minimum absolute atomic E-state index is 0.244. The Bertz CT molecular complexity index is 564. The van der Waals surface area contributed by atoms with Gasteiger partial charge >= 0.3 is 0 Å². The molecule has 1 atom stereocenters. The zero-order valence-electron chi connectivity index (χ0n) is 11.7. The number of benzene rings is 1. The molecule has 1 aromatic heterocycles. The van der Waals surface area contributed by atoms with Crippen LogP contribution in [0.5, 0.6) is 5.75 Å². The highest BCUT2D eigenvalue weighted by atomic mass is 16.5. The minimum atomic E-state index is -0.252. The number of aromatic nitrogens is 2. The van der Waals surface area contributed by atoms with Crippen molar-refractivity contribution in [1.82, 2.24) is 10.1 Å². The molecule has 0 saturated heterocycles. The molecule has 1 aromatic carbocycles. The summed E-state index contributed by atoms with van der Waals surface area (Å²) >= 11 is 0. The molecule has 0 radical (unpaired) electrons. The first kappa shape index (κ1) is 13.5. The molecule has 0 spiro atoms. The molecule has 0 bridgehead atoms. The molecule has 0 aliphatic carbocycles. The molecular formula is C14H19N3O2. The molecule has 102 valence electrons. The summed E-state index contributed by atoms with van der Waals surface area (Å²) in [5.74, 6) is 1.93. The molecular weight excluding hydrogens is 242 g/mol. The number of hydrogen-bond donors (Lipinski definition) is 1. The average molecular weight is 261 g/mol. The monoisotopic (exact) mass is 261 g/mol. The normalized spacial score (nSPS) is 12.7. The smallest absolute Gasteiger partial charge is 0.244 e. The van der Waals surface area contributed by atoms with Gasteiger partial charge in [0.15, 0.2) is 0 Å². The summed E-state index contributed by atoms with van der Waals surface area (Å²) in [4.78, 5) is 4.36. The lowest BCUT2D eigenvalue weighted by Crippen LogP contribution is -2.16. The summed E-state index contributed by atoms with van der Waals surface area (Å²) in [6.45, 7) is 6.03. The Morgan fingerprint density at radius 2 is 2.05 bits per heavy atom. The highest BCUT2D eigenvalue weighted by Gasteiger charge is 2.20. The van der Waals surface area contributed by atoms with Gasteiger partial charge in [0.05, 0.1) is 18.7 Å². The molecule has 1 unspecified atom stereocenters. The van der Waals surface area contributed by atoms with E-state index in [0.29, 0.717) is 11.7 Å². The Hall–Kier alpha value is -1.88. The first-order valence-corrected chi connectivity index (χ1v) is 6.27. The molecule has 2 N–H and O–H groups in total. The van der Waals surface area contributed by atoms with Crippen LogP contribution >= 0.6 is 0 Å². The van der Waals surface area contributed by atoms with E-state index in [9.17, 15) is 0 Å². The van der Waals surface area contributed by atoms with E-state index >= 15 is 0 Å². The molecule has 0 aliphatic heterocycles. The van der Waals surface area contributed by atoms with Crippen molar-refractivity contribution >= 4 is 0 Å². The van der Waals surface area contributed by atoms with Crippen LogP contribution in [0, 0.1) is 12.8 Å². The Kier molecular flexibility index (Phi) is 3.85. The molecule has 2 aromatic rings. The Morgan fingerprint density at radius 3 is 2.68 bits per heavy atom. The van der Waals surface area contributed by atoms with E-state index < -0.39 is 0 Å². The zero-order chi connectivity index (χ0) is 14.0. The average Bonchev–Trinajstić information content (AvgIpc) is 2.86. The van der Waals surface area contributed by atoms with Crippen LogP contribution in [0.2, 0.25) is 0 Å². The molecule has 19 heavy (non-hydrogen) atoms. The summed E-state index contributed by atoms with van der Waals surface area (Å²) in [5, 5.41) is 3.98. The summed E-state index contributed by atoms with van der Waals surface area (Å²) in [6, 6.07) is 5.59. The lowest BCUT2D eigenvalue weighted by molar-refractivity contribution is 0.325. The van der Waals surface area contributed by atoms with Crippen LogP contribution < -0.4 is 10.5 Å². The van der Waals surface area contributed by atoms with Gasteiger partial charge in [0.25, 0.3) is 0 Å². The number of nitrogens with two attached hydrogens (primary N) is 1. The Labute approximate surface area is 112 Å². The van der Waals surface area contributed by atoms with E-state index in [0.717, 1.165) is 16.9 Å². The van der Waals surface area contributed by atoms with Crippen LogP contribution in [0.3, 0.4) is 0 Å². The van der Waals surface area contributed by atoms with Gasteiger partial charge in [-0.2, -0.15) is 4.98 Å². The maximum Gasteiger partial charge on any atom is 0.244 e. The maximum atomic E-state index is 6.00. The van der Waals surface area contributed by atoms with Gasteiger partial charge in [0.1, 0.15) is 5.75 Å². The van der Waals surface area contributed by atoms with Crippen LogP contribution in [0.4, 0.5) is 0 Å². The van der Waals surface area contributed by atoms with Crippen LogP contribution in [-0.2, 0) is 0 Å². The number of ether oxygens (including phenoxy) is 1. The third-order valence-electron chi connectivity index (χ3n) is 3.04. The fourth-order valence-electron chi connectivity index (χ4n) is 1.75. The molecule has 0 aliphatic rings. The highest BCUT2D eigenvalue weighted by Crippen LogP contribution is 2.29. The van der Waals surface area contributed by atoms with E-state index in [-0.39, 0.29) is 12.0 Å².